The number of hydrogen-bond donors (Lipinski definition) is 0. The van der Waals surface area contributed by atoms with E-state index >= 15 is 0 Å². The lowest BCUT2D eigenvalue weighted by atomic mass is 9.67. The molecule has 2 aliphatic carbocycles. The van der Waals surface area contributed by atoms with Crippen molar-refractivity contribution in [2.24, 2.45) is 0 Å². The fraction of sp³-hybridized carbons (Fsp3) is 0.0323. The fourth-order valence-corrected chi connectivity index (χ4v) is 21.8. The highest BCUT2D eigenvalue weighted by Crippen LogP contribution is 2.59. The predicted molar refractivity (Wildman–Crippen MR) is 538 cm³/mol. The highest BCUT2D eigenvalue weighted by Gasteiger charge is 2.47. The molecular weight excluding hydrogens is 1550 g/mol. The summed E-state index contributed by atoms with van der Waals surface area (Å²) in [4.78, 5) is 0. The summed E-state index contributed by atoms with van der Waals surface area (Å²) in [6.45, 7) is 4.75. The van der Waals surface area contributed by atoms with Crippen LogP contribution >= 0.6 is 0 Å². The minimum Gasteiger partial charge on any atom is -0.309 e. The lowest BCUT2D eigenvalue weighted by Crippen LogP contribution is -2.28. The van der Waals surface area contributed by atoms with Gasteiger partial charge >= 0.3 is 0 Å². The van der Waals surface area contributed by atoms with Crippen LogP contribution in [0.25, 0.3) is 199 Å². The molecular formula is C124H84N4. The molecule has 0 radical (unpaired) electrons. The molecule has 2 aliphatic rings. The molecule has 0 amide bonds. The van der Waals surface area contributed by atoms with Gasteiger partial charge in [-0.15, -0.1) is 0 Å². The second-order valence-corrected chi connectivity index (χ2v) is 35.0. The number of benzene rings is 20. The average Bonchev–Trinajstić information content (AvgIpc) is 1.52. The Kier molecular flexibility index (Phi) is 17.2. The Morgan fingerprint density at radius 1 is 0.164 bits per heavy atom. The van der Waals surface area contributed by atoms with Gasteiger partial charge in [0, 0.05) is 76.8 Å². The van der Waals surface area contributed by atoms with E-state index in [1.165, 1.54) is 215 Å². The summed E-state index contributed by atoms with van der Waals surface area (Å²) < 4.78 is 9.85. The van der Waals surface area contributed by atoms with E-state index in [0.717, 1.165) is 17.1 Å². The maximum Gasteiger partial charge on any atom is 0.0714 e. The first-order chi connectivity index (χ1) is 63.2. The zero-order valence-corrected chi connectivity index (χ0v) is 70.8. The minimum absolute atomic E-state index is 0.100. The van der Waals surface area contributed by atoms with Gasteiger partial charge in [-0.3, -0.25) is 0 Å². The molecule has 0 N–H and O–H groups in total. The van der Waals surface area contributed by atoms with Crippen LogP contribution in [0.15, 0.2) is 473 Å². The normalized spacial score (nSPS) is 12.9. The molecule has 0 saturated heterocycles. The second kappa shape index (κ2) is 29.7. The van der Waals surface area contributed by atoms with Crippen molar-refractivity contribution in [3.63, 3.8) is 0 Å². The van der Waals surface area contributed by atoms with Crippen molar-refractivity contribution >= 4 is 87.2 Å². The third-order valence-corrected chi connectivity index (χ3v) is 27.7. The Hall–Kier alpha value is -16.4. The zero-order valence-electron chi connectivity index (χ0n) is 70.8. The third kappa shape index (κ3) is 11.7. The van der Waals surface area contributed by atoms with E-state index in [9.17, 15) is 0 Å². The average molecular weight is 1630 g/mol. The van der Waals surface area contributed by atoms with E-state index in [1.807, 2.05) is 0 Å². The smallest absolute Gasteiger partial charge is 0.0714 e. The third-order valence-electron chi connectivity index (χ3n) is 27.7. The van der Waals surface area contributed by atoms with Gasteiger partial charge in [0.2, 0.25) is 0 Å². The van der Waals surface area contributed by atoms with Crippen LogP contribution in [0.1, 0.15) is 47.2 Å². The summed E-state index contributed by atoms with van der Waals surface area (Å²) in [5.74, 6) is 0. The van der Waals surface area contributed by atoms with Gasteiger partial charge in [-0.05, 0) is 238 Å². The molecule has 0 fully saturated rings. The van der Waals surface area contributed by atoms with Gasteiger partial charge in [-0.25, -0.2) is 0 Å². The lowest BCUT2D eigenvalue weighted by Gasteiger charge is -2.34. The molecule has 0 spiro atoms. The number of para-hydroxylation sites is 2. The molecule has 600 valence electrons. The summed E-state index contributed by atoms with van der Waals surface area (Å²) in [7, 11) is 0. The molecule has 26 rings (SSSR count). The monoisotopic (exact) mass is 1630 g/mol. The highest BCUT2D eigenvalue weighted by atomic mass is 15.0. The van der Waals surface area contributed by atoms with E-state index in [1.54, 1.807) is 0 Å². The number of fused-ring (bicyclic) bond motifs is 19. The maximum absolute atomic E-state index is 2.53. The first-order valence-corrected chi connectivity index (χ1v) is 44.5. The number of aromatic nitrogens is 4. The van der Waals surface area contributed by atoms with Crippen molar-refractivity contribution in [2.45, 2.75) is 24.7 Å². The van der Waals surface area contributed by atoms with Crippen molar-refractivity contribution in [2.75, 3.05) is 0 Å². The van der Waals surface area contributed by atoms with E-state index < -0.39 is 5.41 Å². The van der Waals surface area contributed by atoms with Crippen LogP contribution in [0, 0.1) is 0 Å². The molecule has 0 unspecified atom stereocenters. The number of nitrogens with zero attached hydrogens (tertiary/aromatic N) is 4. The molecule has 4 aromatic heterocycles. The van der Waals surface area contributed by atoms with Crippen molar-refractivity contribution in [3.8, 4) is 112 Å². The molecule has 128 heavy (non-hydrogen) atoms. The number of hydrogen-bond acceptors (Lipinski definition) is 0. The highest BCUT2D eigenvalue weighted by molar-refractivity contribution is 6.19. The van der Waals surface area contributed by atoms with Gasteiger partial charge in [0.15, 0.2) is 0 Å². The molecule has 0 bridgehead atoms. The Labute approximate surface area is 743 Å². The van der Waals surface area contributed by atoms with E-state index in [0.29, 0.717) is 0 Å². The van der Waals surface area contributed by atoms with Crippen LogP contribution in [0.4, 0.5) is 0 Å². The van der Waals surface area contributed by atoms with Crippen molar-refractivity contribution < 1.29 is 0 Å². The Bertz CT molecular complexity index is 8480. The van der Waals surface area contributed by atoms with E-state index in [4.69, 9.17) is 0 Å². The summed E-state index contributed by atoms with van der Waals surface area (Å²) in [6, 6.07) is 175. The van der Waals surface area contributed by atoms with Crippen LogP contribution in [0.3, 0.4) is 0 Å². The summed E-state index contributed by atoms with van der Waals surface area (Å²) >= 11 is 0. The lowest BCUT2D eigenvalue weighted by molar-refractivity contribution is 0.661. The topological polar surface area (TPSA) is 19.7 Å². The molecule has 0 aliphatic heterocycles. The van der Waals surface area contributed by atoms with Crippen molar-refractivity contribution in [1.82, 2.24) is 18.3 Å². The molecule has 4 nitrogen and oxygen atoms in total. The molecule has 0 atom stereocenters. The van der Waals surface area contributed by atoms with Crippen LogP contribution in [-0.4, -0.2) is 18.3 Å². The summed E-state index contributed by atoms with van der Waals surface area (Å²) in [5.41, 5.74) is 41.3. The van der Waals surface area contributed by atoms with Gasteiger partial charge in [0.25, 0.3) is 0 Å². The Morgan fingerprint density at radius 2 is 0.492 bits per heavy atom. The Balaban J connectivity index is 0.000000141. The zero-order chi connectivity index (χ0) is 84.7. The van der Waals surface area contributed by atoms with Gasteiger partial charge in [-0.1, -0.05) is 366 Å². The quantitative estimate of drug-likeness (QED) is 0.116. The fourth-order valence-electron chi connectivity index (χ4n) is 21.8. The SMILES string of the molecule is CC1(C)c2ccccc2-c2c1ccc1c3cc(-c4ccc5c(c4)c4ccccc4n5-c4ccc(-c5ccccc5)cc4)ccc3n(-c3cccc(-c4ccccc4)c3)c21.c1ccc(-c2ccc(-n3c4ccccc4c4cc(-c5ccc6c(c5)c5cc7c(cc5n6-c5cccc(-c6ccccc6)c5)C(c5ccccc5)(c5ccccc5)c5ccccc5-7)ccc43)cc2)cc1. The standard InChI is InChI=1S/C67H44N2.C57H40N2/c1-5-18-45(19-6-1)47-32-36-53(37-33-47)68-63-31-16-14-29-56(63)58-41-49(34-38-64(58)68)50-35-39-65-59(42-50)60-43-57-55-28-13-15-30-61(55)67(51-23-9-3-10-24-51,52-25-11-4-12-26-52)62(57)44-66(60)69(65)54-27-17-22-48(40-54)46-20-7-2-8-21-46;1-57(2)50-22-11-9-21-47(50)55-51(57)31-30-46-49-36-42(27-33-54(49)59(56(46)55)44-19-13-18-40(34-44)38-16-7-4-8-17-38)41-26-32-53-48(35-41)45-20-10-12-23-52(45)58(53)43-28-24-39(25-29-43)37-14-5-3-6-15-37/h1-44H;3-36H,1-2H3. The van der Waals surface area contributed by atoms with Crippen LogP contribution in [0.2, 0.25) is 0 Å². The first kappa shape index (κ1) is 74.2. The number of rotatable bonds is 12. The van der Waals surface area contributed by atoms with Gasteiger partial charge in [-0.2, -0.15) is 0 Å². The van der Waals surface area contributed by atoms with E-state index in [-0.39, 0.29) is 5.41 Å². The summed E-state index contributed by atoms with van der Waals surface area (Å²) in [6.07, 6.45) is 0. The van der Waals surface area contributed by atoms with Crippen LogP contribution < -0.4 is 0 Å². The Morgan fingerprint density at radius 3 is 0.969 bits per heavy atom. The van der Waals surface area contributed by atoms with Gasteiger partial charge in [0.05, 0.1) is 49.5 Å². The molecule has 4 heterocycles. The maximum atomic E-state index is 2.53. The first-order valence-electron chi connectivity index (χ1n) is 44.5. The van der Waals surface area contributed by atoms with Gasteiger partial charge in [0.1, 0.15) is 0 Å². The molecule has 20 aromatic carbocycles. The largest absolute Gasteiger partial charge is 0.309 e. The van der Waals surface area contributed by atoms with Gasteiger partial charge < -0.3 is 18.3 Å². The van der Waals surface area contributed by atoms with E-state index in [2.05, 4.69) is 505 Å². The molecule has 24 aromatic rings. The molecule has 4 heteroatoms. The van der Waals surface area contributed by atoms with Crippen LogP contribution in [-0.2, 0) is 10.8 Å². The minimum atomic E-state index is -0.514. The molecule has 0 saturated carbocycles. The van der Waals surface area contributed by atoms with Crippen LogP contribution in [0.5, 0.6) is 0 Å². The van der Waals surface area contributed by atoms with Crippen molar-refractivity contribution in [1.29, 1.82) is 0 Å². The van der Waals surface area contributed by atoms with Crippen molar-refractivity contribution in [3.05, 3.63) is 507 Å². The predicted octanol–water partition coefficient (Wildman–Crippen LogP) is 32.4. The second-order valence-electron chi connectivity index (χ2n) is 35.0. The summed E-state index contributed by atoms with van der Waals surface area (Å²) in [5, 5.41) is 9.98.